The second-order valence-corrected chi connectivity index (χ2v) is 8.87. The summed E-state index contributed by atoms with van der Waals surface area (Å²) in [4.78, 5) is 19.2. The molecule has 2 aliphatic heterocycles. The van der Waals surface area contributed by atoms with Gasteiger partial charge in [0.25, 0.3) is 0 Å². The van der Waals surface area contributed by atoms with Crippen LogP contribution in [-0.2, 0) is 4.74 Å². The lowest BCUT2D eigenvalue weighted by Crippen LogP contribution is -2.56. The van der Waals surface area contributed by atoms with Gasteiger partial charge >= 0.3 is 6.09 Å². The molecule has 7 nitrogen and oxygen atoms in total. The number of para-hydroxylation sites is 1. The zero-order valence-corrected chi connectivity index (χ0v) is 19.9. The monoisotopic (exact) mass is 451 g/mol. The number of amides is 1. The van der Waals surface area contributed by atoms with Crippen LogP contribution in [0.1, 0.15) is 54.5 Å². The number of methoxy groups -OCH3 is 1. The molecule has 1 spiro atoms. The molecule has 1 unspecified atom stereocenters. The highest BCUT2D eigenvalue weighted by Gasteiger charge is 2.41. The number of hydrogen-bond donors (Lipinski definition) is 2. The lowest BCUT2D eigenvalue weighted by molar-refractivity contribution is 0.0778. The largest absolute Gasteiger partial charge is 0.504 e. The van der Waals surface area contributed by atoms with Crippen molar-refractivity contribution in [2.75, 3.05) is 26.8 Å². The van der Waals surface area contributed by atoms with Crippen LogP contribution in [0, 0.1) is 13.8 Å². The van der Waals surface area contributed by atoms with Crippen molar-refractivity contribution < 1.29 is 19.4 Å². The van der Waals surface area contributed by atoms with Crippen LogP contribution in [0.2, 0.25) is 0 Å². The topological polar surface area (TPSA) is 83.4 Å². The molecule has 0 bridgehead atoms. The van der Waals surface area contributed by atoms with E-state index >= 15 is 0 Å². The van der Waals surface area contributed by atoms with E-state index in [-0.39, 0.29) is 17.9 Å². The smallest absolute Gasteiger partial charge is 0.409 e. The highest BCUT2D eigenvalue weighted by molar-refractivity contribution is 6.02. The van der Waals surface area contributed by atoms with Crippen molar-refractivity contribution >= 4 is 11.8 Å². The number of carbonyl (C=O) groups is 1. The highest BCUT2D eigenvalue weighted by atomic mass is 16.6. The van der Waals surface area contributed by atoms with E-state index in [4.69, 9.17) is 14.5 Å². The fraction of sp³-hybridized carbons (Fsp3) is 0.462. The number of nitrogens with zero attached hydrogens (tertiary/aromatic N) is 2. The van der Waals surface area contributed by atoms with Gasteiger partial charge in [-0.05, 0) is 49.6 Å². The minimum absolute atomic E-state index is 0.136. The van der Waals surface area contributed by atoms with Crippen LogP contribution >= 0.6 is 0 Å². The van der Waals surface area contributed by atoms with Gasteiger partial charge in [-0.15, -0.1) is 0 Å². The maximum absolute atomic E-state index is 12.2. The number of benzene rings is 2. The summed E-state index contributed by atoms with van der Waals surface area (Å²) >= 11 is 0. The summed E-state index contributed by atoms with van der Waals surface area (Å²) in [6, 6.07) is 11.9. The highest BCUT2D eigenvalue weighted by Crippen LogP contribution is 2.40. The molecule has 2 heterocycles. The third-order valence-corrected chi connectivity index (χ3v) is 6.77. The van der Waals surface area contributed by atoms with Gasteiger partial charge in [-0.25, -0.2) is 4.79 Å². The zero-order chi connectivity index (χ0) is 23.6. The van der Waals surface area contributed by atoms with Crippen LogP contribution in [0.5, 0.6) is 11.5 Å². The number of hydrogen-bond acceptors (Lipinski definition) is 6. The van der Waals surface area contributed by atoms with Gasteiger partial charge in [0, 0.05) is 49.7 Å². The quantitative estimate of drug-likeness (QED) is 0.716. The van der Waals surface area contributed by atoms with E-state index in [9.17, 15) is 9.90 Å². The van der Waals surface area contributed by atoms with E-state index in [1.807, 2.05) is 19.1 Å². The van der Waals surface area contributed by atoms with Gasteiger partial charge in [-0.3, -0.25) is 10.3 Å². The fourth-order valence-corrected chi connectivity index (χ4v) is 4.71. The number of carbonyl (C=O) groups excluding carboxylic acids is 1. The Morgan fingerprint density at radius 1 is 1.21 bits per heavy atom. The SMILES string of the molecule is CCOC(=O)N1CCC2(CC1)N=C(c1ccc(C)c(C)c1)CC(c1cccc(OC)c1O)N2. The van der Waals surface area contributed by atoms with Crippen molar-refractivity contribution in [3.63, 3.8) is 0 Å². The number of likely N-dealkylation sites (tertiary alicyclic amines) is 1. The van der Waals surface area contributed by atoms with Crippen LogP contribution in [0.3, 0.4) is 0 Å². The van der Waals surface area contributed by atoms with Crippen molar-refractivity contribution in [2.24, 2.45) is 4.99 Å². The number of aryl methyl sites for hydroxylation is 2. The molecule has 0 radical (unpaired) electrons. The maximum atomic E-state index is 12.2. The van der Waals surface area contributed by atoms with Crippen molar-refractivity contribution in [2.45, 2.75) is 51.7 Å². The number of aromatic hydroxyl groups is 1. The summed E-state index contributed by atoms with van der Waals surface area (Å²) in [6.45, 7) is 7.52. The predicted molar refractivity (Wildman–Crippen MR) is 128 cm³/mol. The molecule has 1 amide bonds. The van der Waals surface area contributed by atoms with Crippen molar-refractivity contribution in [3.8, 4) is 11.5 Å². The van der Waals surface area contributed by atoms with Crippen LogP contribution in [0.4, 0.5) is 4.79 Å². The molecular weight excluding hydrogens is 418 g/mol. The summed E-state index contributed by atoms with van der Waals surface area (Å²) in [5, 5.41) is 14.6. The summed E-state index contributed by atoms with van der Waals surface area (Å²) in [5.41, 5.74) is 4.84. The van der Waals surface area contributed by atoms with E-state index < -0.39 is 5.66 Å². The third-order valence-electron chi connectivity index (χ3n) is 6.77. The van der Waals surface area contributed by atoms with E-state index in [0.717, 1.165) is 16.8 Å². The minimum atomic E-state index is -0.518. The van der Waals surface area contributed by atoms with Crippen molar-refractivity contribution in [1.82, 2.24) is 10.2 Å². The zero-order valence-electron chi connectivity index (χ0n) is 19.9. The second kappa shape index (κ2) is 9.43. The van der Waals surface area contributed by atoms with Crippen LogP contribution in [0.15, 0.2) is 41.4 Å². The lowest BCUT2D eigenvalue weighted by Gasteiger charge is -2.45. The number of phenolic OH excluding ortho intramolecular Hbond substituents is 1. The van der Waals surface area contributed by atoms with E-state index in [0.29, 0.717) is 44.7 Å². The molecule has 33 heavy (non-hydrogen) atoms. The Morgan fingerprint density at radius 2 is 1.97 bits per heavy atom. The molecule has 176 valence electrons. The van der Waals surface area contributed by atoms with Crippen LogP contribution in [0.25, 0.3) is 0 Å². The Labute approximate surface area is 195 Å². The summed E-state index contributed by atoms with van der Waals surface area (Å²) in [7, 11) is 1.56. The Balaban J connectivity index is 1.69. The fourth-order valence-electron chi connectivity index (χ4n) is 4.71. The molecule has 2 N–H and O–H groups in total. The molecule has 7 heteroatoms. The molecule has 0 aliphatic carbocycles. The Bertz CT molecular complexity index is 1060. The third kappa shape index (κ3) is 4.69. The van der Waals surface area contributed by atoms with E-state index in [2.05, 4.69) is 37.4 Å². The summed E-state index contributed by atoms with van der Waals surface area (Å²) in [6.07, 6.45) is 1.71. The molecule has 1 saturated heterocycles. The van der Waals surface area contributed by atoms with Crippen molar-refractivity contribution in [3.05, 3.63) is 58.7 Å². The average molecular weight is 452 g/mol. The van der Waals surface area contributed by atoms with Gasteiger partial charge < -0.3 is 19.5 Å². The Kier molecular flexibility index (Phi) is 6.61. The first-order valence-electron chi connectivity index (χ1n) is 11.6. The molecule has 2 aromatic rings. The summed E-state index contributed by atoms with van der Waals surface area (Å²) < 4.78 is 10.5. The first kappa shape index (κ1) is 23.1. The van der Waals surface area contributed by atoms with Crippen LogP contribution in [-0.4, -0.2) is 54.3 Å². The first-order chi connectivity index (χ1) is 15.9. The summed E-state index contributed by atoms with van der Waals surface area (Å²) in [5.74, 6) is 0.605. The number of ether oxygens (including phenoxy) is 2. The number of rotatable bonds is 4. The predicted octanol–water partition coefficient (Wildman–Crippen LogP) is 4.49. The number of piperidine rings is 1. The Morgan fingerprint density at radius 3 is 2.64 bits per heavy atom. The molecule has 2 aromatic carbocycles. The van der Waals surface area contributed by atoms with Gasteiger partial charge in [0.05, 0.1) is 13.7 Å². The number of nitrogens with one attached hydrogen (secondary N) is 1. The van der Waals surface area contributed by atoms with Gasteiger partial charge in [0.15, 0.2) is 11.5 Å². The van der Waals surface area contributed by atoms with Gasteiger partial charge in [-0.1, -0.05) is 24.3 Å². The number of phenols is 1. The molecule has 0 saturated carbocycles. The first-order valence-corrected chi connectivity index (χ1v) is 11.6. The standard InChI is InChI=1S/C26H33N3O4/c1-5-33-25(31)29-13-11-26(12-14-29)27-21(19-10-9-17(2)18(3)15-19)16-22(28-26)20-7-6-8-23(32-4)24(20)30/h6-10,15,22,28,30H,5,11-14,16H2,1-4H3. The minimum Gasteiger partial charge on any atom is -0.504 e. The molecule has 0 aromatic heterocycles. The number of aliphatic imine (C=N–C) groups is 1. The van der Waals surface area contributed by atoms with Crippen LogP contribution < -0.4 is 10.1 Å². The Hall–Kier alpha value is -3.06. The van der Waals surface area contributed by atoms with Crippen molar-refractivity contribution in [1.29, 1.82) is 0 Å². The van der Waals surface area contributed by atoms with Gasteiger partial charge in [0.1, 0.15) is 5.66 Å². The lowest BCUT2D eigenvalue weighted by atomic mass is 9.87. The average Bonchev–Trinajstić information content (AvgIpc) is 2.81. The molecule has 1 fully saturated rings. The van der Waals surface area contributed by atoms with Gasteiger partial charge in [0.2, 0.25) is 0 Å². The molecular formula is C26H33N3O4. The maximum Gasteiger partial charge on any atom is 0.409 e. The van der Waals surface area contributed by atoms with E-state index in [1.165, 1.54) is 11.1 Å². The van der Waals surface area contributed by atoms with E-state index in [1.54, 1.807) is 18.1 Å². The molecule has 4 rings (SSSR count). The molecule has 1 atom stereocenters. The molecule has 2 aliphatic rings. The second-order valence-electron chi connectivity index (χ2n) is 8.87. The van der Waals surface area contributed by atoms with Gasteiger partial charge in [-0.2, -0.15) is 0 Å². The normalized spacial score (nSPS) is 19.8.